The number of methoxy groups -OCH3 is 3. The molecule has 0 spiro atoms. The van der Waals surface area contributed by atoms with Crippen LogP contribution in [0.25, 0.3) is 0 Å². The molecule has 0 aliphatic rings. The lowest BCUT2D eigenvalue weighted by Gasteiger charge is -2.13. The molecule has 0 amide bonds. The van der Waals surface area contributed by atoms with Crippen molar-refractivity contribution in [1.82, 2.24) is 0 Å². The summed E-state index contributed by atoms with van der Waals surface area (Å²) in [5.41, 5.74) is 1.37. The summed E-state index contributed by atoms with van der Waals surface area (Å²) in [5, 5.41) is 0. The van der Waals surface area contributed by atoms with Gasteiger partial charge >= 0.3 is 0 Å². The van der Waals surface area contributed by atoms with Crippen molar-refractivity contribution in [3.8, 4) is 11.5 Å². The van der Waals surface area contributed by atoms with Crippen molar-refractivity contribution in [1.29, 1.82) is 0 Å². The van der Waals surface area contributed by atoms with Gasteiger partial charge in [-0.15, -0.1) is 0 Å². The van der Waals surface area contributed by atoms with Crippen LogP contribution in [0, 0.1) is 0 Å². The van der Waals surface area contributed by atoms with Gasteiger partial charge in [0.25, 0.3) is 0 Å². The molecule has 1 aromatic carbocycles. The highest BCUT2D eigenvalue weighted by Gasteiger charge is 2.14. The van der Waals surface area contributed by atoms with E-state index in [1.54, 1.807) is 33.5 Å². The molecular weight excluding hydrogens is 208 g/mol. The normalized spacial score (nSPS) is 10.0. The van der Waals surface area contributed by atoms with Gasteiger partial charge in [0.15, 0.2) is 5.78 Å². The van der Waals surface area contributed by atoms with Crippen molar-refractivity contribution in [2.75, 3.05) is 21.3 Å². The van der Waals surface area contributed by atoms with Gasteiger partial charge in [0.05, 0.1) is 26.4 Å². The maximum atomic E-state index is 11.3. The maximum absolute atomic E-state index is 11.3. The number of benzene rings is 1. The van der Waals surface area contributed by atoms with Crippen LogP contribution in [-0.2, 0) is 11.3 Å². The minimum Gasteiger partial charge on any atom is -0.496 e. The first kappa shape index (κ1) is 12.5. The molecule has 16 heavy (non-hydrogen) atoms. The van der Waals surface area contributed by atoms with E-state index in [1.807, 2.05) is 0 Å². The van der Waals surface area contributed by atoms with Gasteiger partial charge in [0.2, 0.25) is 0 Å². The molecule has 0 saturated heterocycles. The highest BCUT2D eigenvalue weighted by molar-refractivity contribution is 5.95. The van der Waals surface area contributed by atoms with Gasteiger partial charge in [-0.3, -0.25) is 4.79 Å². The summed E-state index contributed by atoms with van der Waals surface area (Å²) in [6.45, 7) is 1.88. The predicted molar refractivity (Wildman–Crippen MR) is 60.3 cm³/mol. The third-order valence-electron chi connectivity index (χ3n) is 2.30. The van der Waals surface area contributed by atoms with E-state index < -0.39 is 0 Å². The Morgan fingerprint density at radius 2 is 1.62 bits per heavy atom. The van der Waals surface area contributed by atoms with Gasteiger partial charge in [-0.05, 0) is 19.1 Å². The van der Waals surface area contributed by atoms with Crippen molar-refractivity contribution in [2.24, 2.45) is 0 Å². The van der Waals surface area contributed by atoms with E-state index in [-0.39, 0.29) is 5.78 Å². The molecular formula is C12H16O4. The Morgan fingerprint density at radius 1 is 1.12 bits per heavy atom. The first-order chi connectivity index (χ1) is 7.63. The van der Waals surface area contributed by atoms with E-state index in [9.17, 15) is 4.79 Å². The van der Waals surface area contributed by atoms with Crippen molar-refractivity contribution >= 4 is 5.78 Å². The molecule has 1 rings (SSSR count). The Kier molecular flexibility index (Phi) is 4.31. The zero-order valence-electron chi connectivity index (χ0n) is 9.99. The van der Waals surface area contributed by atoms with Gasteiger partial charge in [0.1, 0.15) is 11.5 Å². The molecule has 88 valence electrons. The fraction of sp³-hybridized carbons (Fsp3) is 0.417. The number of carbonyl (C=O) groups excluding carboxylic acids is 1. The van der Waals surface area contributed by atoms with E-state index in [1.165, 1.54) is 6.92 Å². The lowest BCUT2D eigenvalue weighted by molar-refractivity contribution is 0.101. The largest absolute Gasteiger partial charge is 0.496 e. The number of ether oxygens (including phenoxy) is 3. The van der Waals surface area contributed by atoms with Crippen LogP contribution < -0.4 is 9.47 Å². The number of Topliss-reactive ketones (excluding diaryl/α,β-unsaturated/α-hetero) is 1. The van der Waals surface area contributed by atoms with Crippen LogP contribution in [-0.4, -0.2) is 27.1 Å². The monoisotopic (exact) mass is 224 g/mol. The van der Waals surface area contributed by atoms with Crippen LogP contribution >= 0.6 is 0 Å². The third-order valence-corrected chi connectivity index (χ3v) is 2.30. The molecule has 0 heterocycles. The Bertz CT molecular complexity index is 360. The van der Waals surface area contributed by atoms with Crippen LogP contribution in [0.3, 0.4) is 0 Å². The molecule has 0 fully saturated rings. The van der Waals surface area contributed by atoms with E-state index in [0.717, 1.165) is 5.56 Å². The molecule has 1 aromatic rings. The summed E-state index contributed by atoms with van der Waals surface area (Å²) in [5.74, 6) is 1.18. The molecule has 0 unspecified atom stereocenters. The summed E-state index contributed by atoms with van der Waals surface area (Å²) in [6.07, 6.45) is 0. The highest BCUT2D eigenvalue weighted by Crippen LogP contribution is 2.31. The predicted octanol–water partition coefficient (Wildman–Crippen LogP) is 2.05. The SMILES string of the molecule is COCc1c(OC)cc(C(C)=O)cc1OC. The zero-order chi connectivity index (χ0) is 12.1. The Labute approximate surface area is 95.1 Å². The number of hydrogen-bond acceptors (Lipinski definition) is 4. The standard InChI is InChI=1S/C12H16O4/c1-8(13)9-5-11(15-3)10(7-14-2)12(6-9)16-4/h5-6H,7H2,1-4H3. The molecule has 0 N–H and O–H groups in total. The summed E-state index contributed by atoms with van der Waals surface area (Å²) < 4.78 is 15.5. The number of carbonyl (C=O) groups is 1. The second-order valence-corrected chi connectivity index (χ2v) is 3.35. The molecule has 4 nitrogen and oxygen atoms in total. The molecule has 0 bridgehead atoms. The second-order valence-electron chi connectivity index (χ2n) is 3.35. The van der Waals surface area contributed by atoms with Crippen LogP contribution in [0.2, 0.25) is 0 Å². The van der Waals surface area contributed by atoms with Gasteiger partial charge in [-0.1, -0.05) is 0 Å². The summed E-state index contributed by atoms with van der Waals surface area (Å²) in [6, 6.07) is 3.39. The summed E-state index contributed by atoms with van der Waals surface area (Å²) in [4.78, 5) is 11.3. The second kappa shape index (κ2) is 5.51. The molecule has 0 saturated carbocycles. The minimum atomic E-state index is -0.0273. The van der Waals surface area contributed by atoms with Crippen LogP contribution in [0.5, 0.6) is 11.5 Å². The highest BCUT2D eigenvalue weighted by atomic mass is 16.5. The first-order valence-electron chi connectivity index (χ1n) is 4.88. The number of rotatable bonds is 5. The zero-order valence-corrected chi connectivity index (χ0v) is 9.99. The molecule has 0 atom stereocenters. The van der Waals surface area contributed by atoms with Crippen molar-refractivity contribution < 1.29 is 19.0 Å². The fourth-order valence-corrected chi connectivity index (χ4v) is 1.47. The van der Waals surface area contributed by atoms with Crippen molar-refractivity contribution in [3.63, 3.8) is 0 Å². The van der Waals surface area contributed by atoms with E-state index in [2.05, 4.69) is 0 Å². The lowest BCUT2D eigenvalue weighted by atomic mass is 10.1. The summed E-state index contributed by atoms with van der Waals surface area (Å²) in [7, 11) is 4.70. The molecule has 4 heteroatoms. The van der Waals surface area contributed by atoms with Gasteiger partial charge in [0, 0.05) is 12.7 Å². The average Bonchev–Trinajstić information content (AvgIpc) is 2.29. The quantitative estimate of drug-likeness (QED) is 0.718. The van der Waals surface area contributed by atoms with Crippen LogP contribution in [0.4, 0.5) is 0 Å². The Hall–Kier alpha value is -1.55. The van der Waals surface area contributed by atoms with Crippen LogP contribution in [0.1, 0.15) is 22.8 Å². The fourth-order valence-electron chi connectivity index (χ4n) is 1.47. The number of ketones is 1. The van der Waals surface area contributed by atoms with E-state index >= 15 is 0 Å². The third kappa shape index (κ3) is 2.52. The minimum absolute atomic E-state index is 0.0273. The maximum Gasteiger partial charge on any atom is 0.160 e. The van der Waals surface area contributed by atoms with Gasteiger partial charge in [-0.2, -0.15) is 0 Å². The molecule has 0 radical (unpaired) electrons. The molecule has 0 aromatic heterocycles. The van der Waals surface area contributed by atoms with Crippen LogP contribution in [0.15, 0.2) is 12.1 Å². The average molecular weight is 224 g/mol. The lowest BCUT2D eigenvalue weighted by Crippen LogP contribution is -2.02. The summed E-state index contributed by atoms with van der Waals surface area (Å²) >= 11 is 0. The topological polar surface area (TPSA) is 44.8 Å². The first-order valence-corrected chi connectivity index (χ1v) is 4.88. The van der Waals surface area contributed by atoms with Crippen molar-refractivity contribution in [2.45, 2.75) is 13.5 Å². The van der Waals surface area contributed by atoms with Gasteiger partial charge in [-0.25, -0.2) is 0 Å². The number of hydrogen-bond donors (Lipinski definition) is 0. The molecule has 0 aliphatic heterocycles. The van der Waals surface area contributed by atoms with E-state index in [4.69, 9.17) is 14.2 Å². The van der Waals surface area contributed by atoms with E-state index in [0.29, 0.717) is 23.7 Å². The van der Waals surface area contributed by atoms with Crippen molar-refractivity contribution in [3.05, 3.63) is 23.3 Å². The smallest absolute Gasteiger partial charge is 0.160 e. The Morgan fingerprint density at radius 3 is 1.94 bits per heavy atom. The Balaban J connectivity index is 3.30. The van der Waals surface area contributed by atoms with Gasteiger partial charge < -0.3 is 14.2 Å². The molecule has 0 aliphatic carbocycles.